The van der Waals surface area contributed by atoms with Gasteiger partial charge in [0.15, 0.2) is 0 Å². The van der Waals surface area contributed by atoms with Crippen LogP contribution in [0, 0.1) is 6.92 Å². The lowest BCUT2D eigenvalue weighted by molar-refractivity contribution is 0.0953. The molecule has 168 valence electrons. The van der Waals surface area contributed by atoms with Gasteiger partial charge in [-0.15, -0.1) is 0 Å². The van der Waals surface area contributed by atoms with E-state index in [9.17, 15) is 4.79 Å². The van der Waals surface area contributed by atoms with E-state index in [-0.39, 0.29) is 5.91 Å². The fourth-order valence-electron chi connectivity index (χ4n) is 4.27. The number of likely N-dealkylation sites (N-methyl/N-ethyl adjacent to an activating group) is 1. The van der Waals surface area contributed by atoms with E-state index in [4.69, 9.17) is 16.6 Å². The first-order valence-electron chi connectivity index (χ1n) is 11.1. The molecule has 0 saturated carbocycles. The van der Waals surface area contributed by atoms with E-state index in [0.717, 1.165) is 60.2 Å². The van der Waals surface area contributed by atoms with Crippen LogP contribution in [-0.4, -0.2) is 54.8 Å². The fourth-order valence-corrected chi connectivity index (χ4v) is 4.44. The quantitative estimate of drug-likeness (QED) is 0.599. The third-order valence-electron chi connectivity index (χ3n) is 6.09. The number of nitrogens with zero attached hydrogens (tertiary/aromatic N) is 4. The summed E-state index contributed by atoms with van der Waals surface area (Å²) in [4.78, 5) is 23.0. The van der Waals surface area contributed by atoms with Crippen LogP contribution in [-0.2, 0) is 0 Å². The van der Waals surface area contributed by atoms with Crippen molar-refractivity contribution in [2.24, 2.45) is 4.99 Å². The number of nitrogens with one attached hydrogen (secondary N) is 1. The number of carbonyl (C=O) groups is 1. The van der Waals surface area contributed by atoms with E-state index in [1.54, 1.807) is 0 Å². The standard InChI is InChI=1S/C26H26ClN5O/c1-18-6-5-7-19(16-18)26(33)29-32-23-9-4-3-8-21(23)25(31-14-12-30(2)13-15-31)28-22-17-20(27)10-11-24(22)32/h3-11,16-17H,12-15H2,1-2H3,(H,29,33). The molecule has 3 aromatic rings. The van der Waals surface area contributed by atoms with Gasteiger partial charge in [0.1, 0.15) is 5.84 Å². The zero-order chi connectivity index (χ0) is 22.9. The Bertz CT molecular complexity index is 1230. The Morgan fingerprint density at radius 2 is 1.73 bits per heavy atom. The van der Waals surface area contributed by atoms with E-state index in [1.165, 1.54) is 0 Å². The molecule has 33 heavy (non-hydrogen) atoms. The molecule has 1 fully saturated rings. The van der Waals surface area contributed by atoms with Gasteiger partial charge >= 0.3 is 0 Å². The number of hydrogen-bond acceptors (Lipinski definition) is 5. The number of fused-ring (bicyclic) bond motifs is 2. The number of amidine groups is 1. The van der Waals surface area contributed by atoms with Crippen molar-refractivity contribution in [2.45, 2.75) is 6.92 Å². The summed E-state index contributed by atoms with van der Waals surface area (Å²) in [5, 5.41) is 2.43. The number of benzene rings is 3. The molecule has 1 N–H and O–H groups in total. The Morgan fingerprint density at radius 3 is 2.52 bits per heavy atom. The van der Waals surface area contributed by atoms with Crippen molar-refractivity contribution in [3.8, 4) is 0 Å². The van der Waals surface area contributed by atoms with Crippen molar-refractivity contribution < 1.29 is 4.79 Å². The van der Waals surface area contributed by atoms with Crippen LogP contribution in [0.3, 0.4) is 0 Å². The van der Waals surface area contributed by atoms with Crippen LogP contribution in [0.2, 0.25) is 5.02 Å². The summed E-state index contributed by atoms with van der Waals surface area (Å²) >= 11 is 6.37. The number of piperazine rings is 1. The van der Waals surface area contributed by atoms with E-state index in [0.29, 0.717) is 10.6 Å². The summed E-state index contributed by atoms with van der Waals surface area (Å²) < 4.78 is 0. The number of carbonyl (C=O) groups excluding carboxylic acids is 1. The topological polar surface area (TPSA) is 51.2 Å². The highest BCUT2D eigenvalue weighted by Gasteiger charge is 2.28. The number of amides is 1. The highest BCUT2D eigenvalue weighted by molar-refractivity contribution is 6.31. The van der Waals surface area contributed by atoms with Crippen molar-refractivity contribution in [3.05, 3.63) is 88.4 Å². The second-order valence-electron chi connectivity index (χ2n) is 8.52. The maximum Gasteiger partial charge on any atom is 0.270 e. The molecule has 5 rings (SSSR count). The average molecular weight is 460 g/mol. The van der Waals surface area contributed by atoms with E-state index in [2.05, 4.69) is 28.3 Å². The van der Waals surface area contributed by atoms with Crippen LogP contribution in [0.4, 0.5) is 17.1 Å². The molecule has 1 amide bonds. The van der Waals surface area contributed by atoms with Gasteiger partial charge in [0, 0.05) is 42.3 Å². The molecule has 3 aromatic carbocycles. The Balaban J connectivity index is 1.61. The average Bonchev–Trinajstić information content (AvgIpc) is 2.94. The maximum absolute atomic E-state index is 13.3. The molecule has 0 aromatic heterocycles. The van der Waals surface area contributed by atoms with Crippen LogP contribution >= 0.6 is 11.6 Å². The van der Waals surface area contributed by atoms with Crippen LogP contribution in [0.1, 0.15) is 21.5 Å². The summed E-state index contributed by atoms with van der Waals surface area (Å²) in [7, 11) is 2.14. The normalized spacial score (nSPS) is 15.9. The third-order valence-corrected chi connectivity index (χ3v) is 6.32. The van der Waals surface area contributed by atoms with Gasteiger partial charge in [-0.3, -0.25) is 15.2 Å². The summed E-state index contributed by atoms with van der Waals surface area (Å²) in [5.41, 5.74) is 8.09. The molecular weight excluding hydrogens is 434 g/mol. The number of aliphatic imine (C=N–C) groups is 1. The van der Waals surface area contributed by atoms with Gasteiger partial charge in [-0.05, 0) is 56.4 Å². The Labute approximate surface area is 199 Å². The van der Waals surface area contributed by atoms with Gasteiger partial charge in [-0.25, -0.2) is 4.99 Å². The van der Waals surface area contributed by atoms with Gasteiger partial charge < -0.3 is 9.80 Å². The van der Waals surface area contributed by atoms with Crippen LogP contribution in [0.15, 0.2) is 71.7 Å². The molecule has 2 aliphatic rings. The van der Waals surface area contributed by atoms with E-state index >= 15 is 0 Å². The minimum absolute atomic E-state index is 0.183. The number of halogens is 1. The second kappa shape index (κ2) is 8.89. The number of anilines is 2. The molecule has 0 spiro atoms. The smallest absolute Gasteiger partial charge is 0.270 e. The molecular formula is C26H26ClN5O. The maximum atomic E-state index is 13.3. The van der Waals surface area contributed by atoms with Crippen LogP contribution in [0.5, 0.6) is 0 Å². The molecule has 6 nitrogen and oxygen atoms in total. The zero-order valence-electron chi connectivity index (χ0n) is 18.8. The number of aryl methyl sites for hydroxylation is 1. The molecule has 1 saturated heterocycles. The summed E-state index contributed by atoms with van der Waals surface area (Å²) in [5.74, 6) is 0.715. The zero-order valence-corrected chi connectivity index (χ0v) is 19.5. The van der Waals surface area contributed by atoms with Gasteiger partial charge in [0.2, 0.25) is 0 Å². The number of para-hydroxylation sites is 1. The lowest BCUT2D eigenvalue weighted by atomic mass is 10.1. The van der Waals surface area contributed by atoms with E-state index < -0.39 is 0 Å². The van der Waals surface area contributed by atoms with Gasteiger partial charge in [-0.2, -0.15) is 0 Å². The summed E-state index contributed by atoms with van der Waals surface area (Å²) in [6.07, 6.45) is 0. The summed E-state index contributed by atoms with van der Waals surface area (Å²) in [6.45, 7) is 5.69. The summed E-state index contributed by atoms with van der Waals surface area (Å²) in [6, 6.07) is 21.2. The van der Waals surface area contributed by atoms with E-state index in [1.807, 2.05) is 72.6 Å². The van der Waals surface area contributed by atoms with Gasteiger partial charge in [0.25, 0.3) is 5.91 Å². The molecule has 0 radical (unpaired) electrons. The molecule has 0 aliphatic carbocycles. The van der Waals surface area contributed by atoms with Crippen molar-refractivity contribution in [3.63, 3.8) is 0 Å². The first-order chi connectivity index (χ1) is 16.0. The Hall–Kier alpha value is -3.35. The molecule has 2 aliphatic heterocycles. The first-order valence-corrected chi connectivity index (χ1v) is 11.5. The lowest BCUT2D eigenvalue weighted by Crippen LogP contribution is -2.47. The lowest BCUT2D eigenvalue weighted by Gasteiger charge is -2.35. The number of hydrazine groups is 1. The van der Waals surface area contributed by atoms with Crippen LogP contribution in [0.25, 0.3) is 0 Å². The van der Waals surface area contributed by atoms with Gasteiger partial charge in [-0.1, -0.05) is 41.4 Å². The fraction of sp³-hybridized carbons (Fsp3) is 0.231. The molecule has 2 heterocycles. The number of hydrogen-bond donors (Lipinski definition) is 1. The third kappa shape index (κ3) is 4.32. The predicted octanol–water partition coefficient (Wildman–Crippen LogP) is 4.77. The van der Waals surface area contributed by atoms with Gasteiger partial charge in [0.05, 0.1) is 17.1 Å². The molecule has 0 atom stereocenters. The minimum Gasteiger partial charge on any atom is -0.353 e. The van der Waals surface area contributed by atoms with Crippen molar-refractivity contribution in [2.75, 3.05) is 38.2 Å². The monoisotopic (exact) mass is 459 g/mol. The highest BCUT2D eigenvalue weighted by atomic mass is 35.5. The molecule has 7 heteroatoms. The SMILES string of the molecule is Cc1cccc(C(=O)NN2c3ccc(Cl)cc3N=C(N3CCN(C)CC3)c3ccccc32)c1. The molecule has 0 unspecified atom stereocenters. The second-order valence-corrected chi connectivity index (χ2v) is 8.96. The predicted molar refractivity (Wildman–Crippen MR) is 134 cm³/mol. The minimum atomic E-state index is -0.183. The van der Waals surface area contributed by atoms with Crippen molar-refractivity contribution in [1.29, 1.82) is 0 Å². The van der Waals surface area contributed by atoms with Crippen molar-refractivity contribution >= 4 is 40.4 Å². The molecule has 0 bridgehead atoms. The Kier molecular flexibility index (Phi) is 5.79. The largest absolute Gasteiger partial charge is 0.353 e. The first kappa shape index (κ1) is 21.5. The Morgan fingerprint density at radius 1 is 0.939 bits per heavy atom. The highest BCUT2D eigenvalue weighted by Crippen LogP contribution is 2.40. The van der Waals surface area contributed by atoms with Crippen LogP contribution < -0.4 is 10.4 Å². The number of rotatable bonds is 2. The van der Waals surface area contributed by atoms with Crippen molar-refractivity contribution in [1.82, 2.24) is 15.2 Å².